The van der Waals surface area contributed by atoms with Crippen molar-refractivity contribution >= 4 is 23.2 Å². The summed E-state index contributed by atoms with van der Waals surface area (Å²) in [6.45, 7) is -0.968. The van der Waals surface area contributed by atoms with Gasteiger partial charge in [0.15, 0.2) is 10.9 Å². The Morgan fingerprint density at radius 1 is 1.55 bits per heavy atom. The van der Waals surface area contributed by atoms with Gasteiger partial charge in [-0.3, -0.25) is 0 Å². The maximum atomic E-state index is 11.6. The summed E-state index contributed by atoms with van der Waals surface area (Å²) in [5.74, 6) is 0.0820. The molecule has 0 fully saturated rings. The van der Waals surface area contributed by atoms with Gasteiger partial charge in [0.05, 0.1) is 6.20 Å². The van der Waals surface area contributed by atoms with Gasteiger partial charge in [0, 0.05) is 0 Å². The molecule has 0 aliphatic rings. The number of nitrogens with zero attached hydrogens (tertiary/aromatic N) is 2. The lowest BCUT2D eigenvalue weighted by molar-refractivity contribution is 0.190. The SMILES string of the molecule is FCOc1cnc(Cl)nc1Cl. The van der Waals surface area contributed by atoms with Gasteiger partial charge in [-0.05, 0) is 11.6 Å². The van der Waals surface area contributed by atoms with E-state index in [1.807, 2.05) is 0 Å². The van der Waals surface area contributed by atoms with Crippen LogP contribution in [0.5, 0.6) is 5.75 Å². The summed E-state index contributed by atoms with van der Waals surface area (Å²) in [5.41, 5.74) is 0. The van der Waals surface area contributed by atoms with Gasteiger partial charge in [0.2, 0.25) is 12.1 Å². The van der Waals surface area contributed by atoms with E-state index in [9.17, 15) is 4.39 Å². The van der Waals surface area contributed by atoms with Crippen molar-refractivity contribution in [2.45, 2.75) is 0 Å². The van der Waals surface area contributed by atoms with E-state index in [1.165, 1.54) is 6.20 Å². The first-order valence-corrected chi connectivity index (χ1v) is 3.36. The fourth-order valence-corrected chi connectivity index (χ4v) is 0.846. The molecule has 3 nitrogen and oxygen atoms in total. The molecule has 11 heavy (non-hydrogen) atoms. The van der Waals surface area contributed by atoms with E-state index >= 15 is 0 Å². The number of hydrogen-bond acceptors (Lipinski definition) is 3. The lowest BCUT2D eigenvalue weighted by Crippen LogP contribution is -1.93. The van der Waals surface area contributed by atoms with Crippen molar-refractivity contribution in [3.8, 4) is 5.75 Å². The van der Waals surface area contributed by atoms with Crippen LogP contribution in [0.15, 0.2) is 6.20 Å². The second kappa shape index (κ2) is 3.69. The monoisotopic (exact) mass is 196 g/mol. The zero-order valence-corrected chi connectivity index (χ0v) is 6.73. The van der Waals surface area contributed by atoms with Crippen LogP contribution < -0.4 is 4.74 Å². The molecule has 0 saturated heterocycles. The number of halogens is 3. The minimum Gasteiger partial charge on any atom is -0.458 e. The van der Waals surface area contributed by atoms with Gasteiger partial charge in [0.25, 0.3) is 0 Å². The van der Waals surface area contributed by atoms with E-state index in [1.54, 1.807) is 0 Å². The minimum absolute atomic E-state index is 0.00112. The van der Waals surface area contributed by atoms with Gasteiger partial charge < -0.3 is 4.74 Å². The Hall–Kier alpha value is -0.610. The minimum atomic E-state index is -0.968. The topological polar surface area (TPSA) is 35.0 Å². The summed E-state index contributed by atoms with van der Waals surface area (Å²) in [6, 6.07) is 0. The third kappa shape index (κ3) is 2.17. The van der Waals surface area contributed by atoms with Gasteiger partial charge >= 0.3 is 0 Å². The third-order valence-electron chi connectivity index (χ3n) is 0.892. The molecule has 1 heterocycles. The van der Waals surface area contributed by atoms with Crippen LogP contribution in [0.4, 0.5) is 4.39 Å². The Morgan fingerprint density at radius 3 is 2.82 bits per heavy atom. The predicted molar refractivity (Wildman–Crippen MR) is 38.7 cm³/mol. The fraction of sp³-hybridized carbons (Fsp3) is 0.200. The Kier molecular flexibility index (Phi) is 2.84. The van der Waals surface area contributed by atoms with Crippen molar-refractivity contribution in [1.82, 2.24) is 9.97 Å². The highest BCUT2D eigenvalue weighted by Gasteiger charge is 2.03. The molecule has 0 spiro atoms. The second-order valence-corrected chi connectivity index (χ2v) is 2.24. The highest BCUT2D eigenvalue weighted by atomic mass is 35.5. The van der Waals surface area contributed by atoms with Crippen LogP contribution in [0.25, 0.3) is 0 Å². The maximum absolute atomic E-state index is 11.6. The number of ether oxygens (including phenoxy) is 1. The Morgan fingerprint density at radius 2 is 2.27 bits per heavy atom. The molecule has 0 radical (unpaired) electrons. The highest BCUT2D eigenvalue weighted by Crippen LogP contribution is 2.21. The van der Waals surface area contributed by atoms with Crippen LogP contribution in [-0.4, -0.2) is 16.8 Å². The molecule has 0 N–H and O–H groups in total. The number of alkyl halides is 1. The summed E-state index contributed by atoms with van der Waals surface area (Å²) in [6.07, 6.45) is 1.21. The summed E-state index contributed by atoms with van der Waals surface area (Å²) in [7, 11) is 0. The van der Waals surface area contributed by atoms with E-state index in [2.05, 4.69) is 14.7 Å². The van der Waals surface area contributed by atoms with E-state index in [4.69, 9.17) is 23.2 Å². The average molecular weight is 197 g/mol. The van der Waals surface area contributed by atoms with Gasteiger partial charge in [0.1, 0.15) is 0 Å². The molecular weight excluding hydrogens is 194 g/mol. The van der Waals surface area contributed by atoms with Gasteiger partial charge in [-0.2, -0.15) is 0 Å². The maximum Gasteiger partial charge on any atom is 0.228 e. The Labute approximate surface area is 72.1 Å². The van der Waals surface area contributed by atoms with Crippen LogP contribution in [0.2, 0.25) is 10.4 Å². The number of hydrogen-bond donors (Lipinski definition) is 0. The van der Waals surface area contributed by atoms with Crippen LogP contribution >= 0.6 is 23.2 Å². The van der Waals surface area contributed by atoms with E-state index in [0.29, 0.717) is 0 Å². The van der Waals surface area contributed by atoms with Crippen LogP contribution in [0, 0.1) is 0 Å². The molecule has 1 aromatic rings. The molecule has 0 amide bonds. The summed E-state index contributed by atoms with van der Waals surface area (Å²) < 4.78 is 16.0. The molecule has 0 unspecified atom stereocenters. The molecule has 1 rings (SSSR count). The van der Waals surface area contributed by atoms with Gasteiger partial charge in [-0.15, -0.1) is 0 Å². The fourth-order valence-electron chi connectivity index (χ4n) is 0.486. The van der Waals surface area contributed by atoms with E-state index < -0.39 is 6.86 Å². The largest absolute Gasteiger partial charge is 0.458 e. The van der Waals surface area contributed by atoms with Crippen LogP contribution in [-0.2, 0) is 0 Å². The number of aromatic nitrogens is 2. The highest BCUT2D eigenvalue weighted by molar-refractivity contribution is 6.32. The quantitative estimate of drug-likeness (QED) is 0.537. The molecule has 0 atom stereocenters. The normalized spacial score (nSPS) is 9.73. The van der Waals surface area contributed by atoms with Crippen molar-refractivity contribution < 1.29 is 9.13 Å². The first-order chi connectivity index (χ1) is 5.24. The summed E-state index contributed by atoms with van der Waals surface area (Å²) in [5, 5.41) is 0.00357. The van der Waals surface area contributed by atoms with Crippen molar-refractivity contribution in [3.05, 3.63) is 16.6 Å². The van der Waals surface area contributed by atoms with E-state index in [-0.39, 0.29) is 16.2 Å². The molecular formula is C5H3Cl2FN2O. The number of rotatable bonds is 2. The third-order valence-corrected chi connectivity index (χ3v) is 1.35. The molecule has 0 aliphatic carbocycles. The van der Waals surface area contributed by atoms with Crippen molar-refractivity contribution in [2.24, 2.45) is 0 Å². The standard InChI is InChI=1S/C5H3Cl2FN2O/c6-4-3(11-2-8)1-9-5(7)10-4/h1H,2H2. The van der Waals surface area contributed by atoms with Crippen molar-refractivity contribution in [2.75, 3.05) is 6.86 Å². The zero-order valence-electron chi connectivity index (χ0n) is 5.22. The molecule has 6 heteroatoms. The average Bonchev–Trinajstić information content (AvgIpc) is 1.95. The van der Waals surface area contributed by atoms with Crippen LogP contribution in [0.1, 0.15) is 0 Å². The molecule has 0 saturated carbocycles. The van der Waals surface area contributed by atoms with Gasteiger partial charge in [-0.1, -0.05) is 11.6 Å². The second-order valence-electron chi connectivity index (χ2n) is 1.55. The molecule has 0 aliphatic heterocycles. The van der Waals surface area contributed by atoms with Crippen molar-refractivity contribution in [3.63, 3.8) is 0 Å². The zero-order chi connectivity index (χ0) is 8.27. The molecule has 0 aromatic carbocycles. The summed E-state index contributed by atoms with van der Waals surface area (Å²) in [4.78, 5) is 7.06. The lowest BCUT2D eigenvalue weighted by Gasteiger charge is -2.00. The van der Waals surface area contributed by atoms with Gasteiger partial charge in [-0.25, -0.2) is 14.4 Å². The van der Waals surface area contributed by atoms with Crippen LogP contribution in [0.3, 0.4) is 0 Å². The Bertz CT molecular complexity index is 258. The van der Waals surface area contributed by atoms with Crippen molar-refractivity contribution in [1.29, 1.82) is 0 Å². The molecule has 60 valence electrons. The Balaban J connectivity index is 2.90. The molecule has 1 aromatic heterocycles. The lowest BCUT2D eigenvalue weighted by atomic mass is 10.6. The molecule has 0 bridgehead atoms. The first-order valence-electron chi connectivity index (χ1n) is 2.61. The summed E-state index contributed by atoms with van der Waals surface area (Å²) >= 11 is 10.8. The smallest absolute Gasteiger partial charge is 0.228 e. The predicted octanol–water partition coefficient (Wildman–Crippen LogP) is 2.09. The first kappa shape index (κ1) is 8.49. The van der Waals surface area contributed by atoms with E-state index in [0.717, 1.165) is 0 Å².